The molecule has 0 aliphatic heterocycles. The van der Waals surface area contributed by atoms with Gasteiger partial charge in [0.25, 0.3) is 0 Å². The summed E-state index contributed by atoms with van der Waals surface area (Å²) in [5, 5.41) is 0. The van der Waals surface area contributed by atoms with Crippen LogP contribution in [0.2, 0.25) is 0 Å². The average Bonchev–Trinajstić information content (AvgIpc) is 2.85. The molecule has 0 saturated carbocycles. The van der Waals surface area contributed by atoms with Gasteiger partial charge in [-0.2, -0.15) is 0 Å². The van der Waals surface area contributed by atoms with Crippen LogP contribution in [0.3, 0.4) is 0 Å². The SMILES string of the molecule is CCCCc1c[nH]c(=S)n1C1CCc2ccccc2C1. The van der Waals surface area contributed by atoms with Crippen molar-refractivity contribution >= 4 is 12.2 Å². The van der Waals surface area contributed by atoms with Crippen LogP contribution in [0.15, 0.2) is 30.5 Å². The lowest BCUT2D eigenvalue weighted by Gasteiger charge is -2.27. The minimum atomic E-state index is 0.524. The number of nitrogens with zero attached hydrogens (tertiary/aromatic N) is 1. The average molecular weight is 286 g/mol. The second kappa shape index (κ2) is 5.96. The molecule has 20 heavy (non-hydrogen) atoms. The van der Waals surface area contributed by atoms with Crippen LogP contribution >= 0.6 is 12.2 Å². The zero-order valence-electron chi connectivity index (χ0n) is 12.1. The third-order valence-corrected chi connectivity index (χ3v) is 4.68. The van der Waals surface area contributed by atoms with Crippen LogP contribution in [0.4, 0.5) is 0 Å². The zero-order valence-corrected chi connectivity index (χ0v) is 12.9. The molecule has 1 unspecified atom stereocenters. The quantitative estimate of drug-likeness (QED) is 0.813. The third-order valence-electron chi connectivity index (χ3n) is 4.36. The first-order valence-corrected chi connectivity index (χ1v) is 8.06. The number of benzene rings is 1. The van der Waals surface area contributed by atoms with Gasteiger partial charge in [0.2, 0.25) is 0 Å². The highest BCUT2D eigenvalue weighted by Crippen LogP contribution is 2.30. The molecule has 0 bridgehead atoms. The zero-order chi connectivity index (χ0) is 13.9. The molecule has 2 aromatic rings. The van der Waals surface area contributed by atoms with Gasteiger partial charge in [0, 0.05) is 17.9 Å². The van der Waals surface area contributed by atoms with E-state index in [0.29, 0.717) is 6.04 Å². The van der Waals surface area contributed by atoms with Gasteiger partial charge < -0.3 is 9.55 Å². The Kier molecular flexibility index (Phi) is 4.06. The fourth-order valence-electron chi connectivity index (χ4n) is 3.26. The molecule has 0 amide bonds. The van der Waals surface area contributed by atoms with Gasteiger partial charge in [-0.15, -0.1) is 0 Å². The van der Waals surface area contributed by atoms with Gasteiger partial charge in [-0.1, -0.05) is 37.6 Å². The lowest BCUT2D eigenvalue weighted by molar-refractivity contribution is 0.425. The molecule has 0 saturated heterocycles. The minimum Gasteiger partial charge on any atom is -0.337 e. The molecule has 0 radical (unpaired) electrons. The number of rotatable bonds is 4. The number of aromatic amines is 1. The summed E-state index contributed by atoms with van der Waals surface area (Å²) in [6.07, 6.45) is 9.17. The van der Waals surface area contributed by atoms with E-state index in [-0.39, 0.29) is 0 Å². The summed E-state index contributed by atoms with van der Waals surface area (Å²) in [4.78, 5) is 3.25. The summed E-state index contributed by atoms with van der Waals surface area (Å²) in [6.45, 7) is 2.24. The van der Waals surface area contributed by atoms with Crippen LogP contribution in [-0.2, 0) is 19.3 Å². The largest absolute Gasteiger partial charge is 0.337 e. The first kappa shape index (κ1) is 13.6. The van der Waals surface area contributed by atoms with E-state index in [0.717, 1.165) is 17.6 Å². The van der Waals surface area contributed by atoms with Gasteiger partial charge in [-0.3, -0.25) is 0 Å². The Balaban J connectivity index is 1.88. The molecular formula is C17H22N2S. The van der Waals surface area contributed by atoms with Gasteiger partial charge in [-0.05, 0) is 55.4 Å². The molecular weight excluding hydrogens is 264 g/mol. The molecule has 3 rings (SSSR count). The summed E-state index contributed by atoms with van der Waals surface area (Å²) >= 11 is 5.51. The van der Waals surface area contributed by atoms with Crippen molar-refractivity contribution in [2.45, 2.75) is 51.5 Å². The number of aromatic nitrogens is 2. The van der Waals surface area contributed by atoms with Crippen molar-refractivity contribution in [1.29, 1.82) is 0 Å². The lowest BCUT2D eigenvalue weighted by Crippen LogP contribution is -2.20. The summed E-state index contributed by atoms with van der Waals surface area (Å²) in [7, 11) is 0. The molecule has 0 spiro atoms. The first-order valence-electron chi connectivity index (χ1n) is 7.65. The van der Waals surface area contributed by atoms with Crippen LogP contribution in [0, 0.1) is 4.77 Å². The summed E-state index contributed by atoms with van der Waals surface area (Å²) in [6, 6.07) is 9.35. The number of unbranched alkanes of at least 4 members (excludes halogenated alkanes) is 1. The maximum atomic E-state index is 5.51. The number of H-pyrrole nitrogens is 1. The Morgan fingerprint density at radius 2 is 2.10 bits per heavy atom. The molecule has 1 N–H and O–H groups in total. The van der Waals surface area contributed by atoms with Crippen molar-refractivity contribution in [3.05, 3.63) is 52.1 Å². The Labute approximate surface area is 125 Å². The van der Waals surface area contributed by atoms with Crippen molar-refractivity contribution in [1.82, 2.24) is 9.55 Å². The number of fused-ring (bicyclic) bond motifs is 1. The number of hydrogen-bond donors (Lipinski definition) is 1. The highest BCUT2D eigenvalue weighted by Gasteiger charge is 2.21. The lowest BCUT2D eigenvalue weighted by atomic mass is 9.88. The van der Waals surface area contributed by atoms with E-state index in [2.05, 4.69) is 46.9 Å². The van der Waals surface area contributed by atoms with E-state index in [1.807, 2.05) is 0 Å². The normalized spacial score (nSPS) is 17.9. The van der Waals surface area contributed by atoms with Crippen molar-refractivity contribution in [3.63, 3.8) is 0 Å². The maximum Gasteiger partial charge on any atom is 0.177 e. The Bertz CT molecular complexity index is 638. The van der Waals surface area contributed by atoms with Gasteiger partial charge in [0.15, 0.2) is 4.77 Å². The molecule has 0 fully saturated rings. The van der Waals surface area contributed by atoms with Gasteiger partial charge in [0.05, 0.1) is 0 Å². The number of nitrogens with one attached hydrogen (secondary N) is 1. The predicted octanol–water partition coefficient (Wildman–Crippen LogP) is 4.62. The second-order valence-electron chi connectivity index (χ2n) is 5.72. The molecule has 1 aliphatic rings. The number of aryl methyl sites for hydroxylation is 2. The topological polar surface area (TPSA) is 20.7 Å². The van der Waals surface area contributed by atoms with Gasteiger partial charge in [-0.25, -0.2) is 0 Å². The molecule has 2 nitrogen and oxygen atoms in total. The van der Waals surface area contributed by atoms with Crippen LogP contribution in [-0.4, -0.2) is 9.55 Å². The van der Waals surface area contributed by atoms with Gasteiger partial charge in [0.1, 0.15) is 0 Å². The van der Waals surface area contributed by atoms with Crippen molar-refractivity contribution < 1.29 is 0 Å². The maximum absolute atomic E-state index is 5.51. The molecule has 1 aromatic carbocycles. The Morgan fingerprint density at radius 3 is 2.90 bits per heavy atom. The van der Waals surface area contributed by atoms with Crippen molar-refractivity contribution in [3.8, 4) is 0 Å². The minimum absolute atomic E-state index is 0.524. The first-order chi connectivity index (χ1) is 9.79. The predicted molar refractivity (Wildman–Crippen MR) is 85.7 cm³/mol. The van der Waals surface area contributed by atoms with Crippen LogP contribution < -0.4 is 0 Å². The number of imidazole rings is 1. The van der Waals surface area contributed by atoms with Crippen molar-refractivity contribution in [2.75, 3.05) is 0 Å². The van der Waals surface area contributed by atoms with E-state index in [1.165, 1.54) is 42.5 Å². The molecule has 3 heteroatoms. The van der Waals surface area contributed by atoms with E-state index in [1.54, 1.807) is 0 Å². The molecule has 106 valence electrons. The molecule has 1 aromatic heterocycles. The summed E-state index contributed by atoms with van der Waals surface area (Å²) < 4.78 is 3.27. The standard InChI is InChI=1S/C17H22N2S/c1-2-3-8-16-12-18-17(20)19(16)15-10-9-13-6-4-5-7-14(13)11-15/h4-7,12,15H,2-3,8-11H2,1H3,(H,18,20). The van der Waals surface area contributed by atoms with Crippen LogP contribution in [0.25, 0.3) is 0 Å². The third kappa shape index (κ3) is 2.59. The summed E-state index contributed by atoms with van der Waals surface area (Å²) in [5.74, 6) is 0. The molecule has 1 aliphatic carbocycles. The van der Waals surface area contributed by atoms with Crippen LogP contribution in [0.5, 0.6) is 0 Å². The van der Waals surface area contributed by atoms with Gasteiger partial charge >= 0.3 is 0 Å². The second-order valence-corrected chi connectivity index (χ2v) is 6.11. The fraction of sp³-hybridized carbons (Fsp3) is 0.471. The fourth-order valence-corrected chi connectivity index (χ4v) is 3.59. The van der Waals surface area contributed by atoms with E-state index < -0.39 is 0 Å². The smallest absolute Gasteiger partial charge is 0.177 e. The molecule has 1 heterocycles. The Hall–Kier alpha value is -1.35. The summed E-state index contributed by atoms with van der Waals surface area (Å²) in [5.41, 5.74) is 4.38. The number of hydrogen-bond acceptors (Lipinski definition) is 1. The van der Waals surface area contributed by atoms with Crippen LogP contribution in [0.1, 0.15) is 49.0 Å². The molecule has 1 atom stereocenters. The van der Waals surface area contributed by atoms with Crippen molar-refractivity contribution in [2.24, 2.45) is 0 Å². The Morgan fingerprint density at radius 1 is 1.30 bits per heavy atom. The highest BCUT2D eigenvalue weighted by atomic mass is 32.1. The van der Waals surface area contributed by atoms with E-state index >= 15 is 0 Å². The van der Waals surface area contributed by atoms with E-state index in [4.69, 9.17) is 12.2 Å². The monoisotopic (exact) mass is 286 g/mol. The highest BCUT2D eigenvalue weighted by molar-refractivity contribution is 7.71. The van der Waals surface area contributed by atoms with E-state index in [9.17, 15) is 0 Å².